The quantitative estimate of drug-likeness (QED) is 0.540. The van der Waals surface area contributed by atoms with Crippen LogP contribution >= 0.6 is 35.4 Å². The molecule has 0 heterocycles. The van der Waals surface area contributed by atoms with Crippen molar-refractivity contribution in [1.29, 1.82) is 0 Å². The molecule has 126 valence electrons. The number of rotatable bonds is 2. The van der Waals surface area contributed by atoms with Crippen LogP contribution in [0.25, 0.3) is 10.8 Å². The molecule has 25 heavy (non-hydrogen) atoms. The summed E-state index contributed by atoms with van der Waals surface area (Å²) in [7, 11) is 0. The lowest BCUT2D eigenvalue weighted by Crippen LogP contribution is -2.34. The van der Waals surface area contributed by atoms with E-state index in [1.54, 1.807) is 42.5 Å². The molecule has 0 aliphatic rings. The van der Waals surface area contributed by atoms with Gasteiger partial charge in [-0.1, -0.05) is 47.5 Å². The summed E-state index contributed by atoms with van der Waals surface area (Å²) in [6, 6.07) is 15.2. The normalized spacial score (nSPS) is 10.5. The van der Waals surface area contributed by atoms with Crippen LogP contribution in [0.4, 0.5) is 5.69 Å². The molecule has 0 aromatic heterocycles. The van der Waals surface area contributed by atoms with E-state index in [2.05, 4.69) is 10.6 Å². The van der Waals surface area contributed by atoms with E-state index in [0.717, 1.165) is 5.39 Å². The predicted octanol–water partition coefficient (Wildman–Crippen LogP) is 4.98. The second-order valence-electron chi connectivity index (χ2n) is 5.21. The number of carbonyl (C=O) groups excluding carboxylic acids is 1. The summed E-state index contributed by atoms with van der Waals surface area (Å²) < 4.78 is 0. The highest BCUT2D eigenvalue weighted by Gasteiger charge is 2.11. The van der Waals surface area contributed by atoms with Crippen LogP contribution in [0.1, 0.15) is 10.4 Å². The van der Waals surface area contributed by atoms with Crippen LogP contribution in [0.2, 0.25) is 10.0 Å². The van der Waals surface area contributed by atoms with Crippen LogP contribution in [0, 0.1) is 0 Å². The zero-order valence-corrected chi connectivity index (χ0v) is 15.0. The topological polar surface area (TPSA) is 61.4 Å². The predicted molar refractivity (Wildman–Crippen MR) is 106 cm³/mol. The Morgan fingerprint density at radius 2 is 1.68 bits per heavy atom. The third-order valence-corrected chi connectivity index (χ3v) is 4.50. The minimum absolute atomic E-state index is 0.131. The van der Waals surface area contributed by atoms with Crippen molar-refractivity contribution >= 4 is 62.9 Å². The number of thiocarbonyl (C=S) groups is 1. The highest BCUT2D eigenvalue weighted by molar-refractivity contribution is 7.80. The Bertz CT molecular complexity index is 992. The van der Waals surface area contributed by atoms with Crippen LogP contribution in [-0.4, -0.2) is 16.1 Å². The number of amides is 1. The summed E-state index contributed by atoms with van der Waals surface area (Å²) in [6.45, 7) is 0. The minimum Gasteiger partial charge on any atom is -0.507 e. The van der Waals surface area contributed by atoms with E-state index in [0.29, 0.717) is 21.7 Å². The number of halogens is 2. The van der Waals surface area contributed by atoms with Crippen molar-refractivity contribution in [2.75, 3.05) is 5.32 Å². The van der Waals surface area contributed by atoms with Gasteiger partial charge in [0.05, 0.1) is 10.0 Å². The van der Waals surface area contributed by atoms with Crippen LogP contribution < -0.4 is 10.6 Å². The molecule has 0 aliphatic carbocycles. The number of aromatic hydroxyl groups is 1. The first-order chi connectivity index (χ1) is 12.0. The van der Waals surface area contributed by atoms with Gasteiger partial charge in [-0.2, -0.15) is 0 Å². The Morgan fingerprint density at radius 3 is 2.44 bits per heavy atom. The standard InChI is InChI=1S/C18H12Cl2N2O2S/c19-13-8-7-10(9-14(13)20)17(24)22-18(25)21-15-5-1-4-12-11(15)3-2-6-16(12)23/h1-9,23H,(H2,21,22,24,25). The van der Waals surface area contributed by atoms with Crippen molar-refractivity contribution in [3.8, 4) is 5.75 Å². The summed E-state index contributed by atoms with van der Waals surface area (Å²) in [4.78, 5) is 12.2. The molecule has 7 heteroatoms. The van der Waals surface area contributed by atoms with Gasteiger partial charge < -0.3 is 10.4 Å². The fourth-order valence-electron chi connectivity index (χ4n) is 2.37. The lowest BCUT2D eigenvalue weighted by molar-refractivity contribution is 0.0977. The van der Waals surface area contributed by atoms with Gasteiger partial charge in [-0.25, -0.2) is 0 Å². The third-order valence-electron chi connectivity index (χ3n) is 3.56. The minimum atomic E-state index is -0.404. The van der Waals surface area contributed by atoms with Gasteiger partial charge in [0.15, 0.2) is 5.11 Å². The number of phenols is 1. The van der Waals surface area contributed by atoms with E-state index in [-0.39, 0.29) is 15.9 Å². The zero-order chi connectivity index (χ0) is 18.0. The first-order valence-electron chi connectivity index (χ1n) is 7.24. The molecule has 0 aliphatic heterocycles. The Balaban J connectivity index is 1.78. The second kappa shape index (κ2) is 7.27. The van der Waals surface area contributed by atoms with Gasteiger partial charge in [0.2, 0.25) is 0 Å². The molecule has 3 aromatic carbocycles. The summed E-state index contributed by atoms with van der Waals surface area (Å²) in [6.07, 6.45) is 0. The van der Waals surface area contributed by atoms with Crippen molar-refractivity contribution in [3.63, 3.8) is 0 Å². The monoisotopic (exact) mass is 390 g/mol. The van der Waals surface area contributed by atoms with Gasteiger partial charge in [-0.15, -0.1) is 0 Å². The Labute approximate surface area is 159 Å². The maximum atomic E-state index is 12.2. The highest BCUT2D eigenvalue weighted by atomic mass is 35.5. The van der Waals surface area contributed by atoms with Crippen molar-refractivity contribution in [3.05, 3.63) is 70.2 Å². The molecule has 3 rings (SSSR count). The number of benzene rings is 3. The number of fused-ring (bicyclic) bond motifs is 1. The van der Waals surface area contributed by atoms with Crippen molar-refractivity contribution in [2.45, 2.75) is 0 Å². The molecule has 1 amide bonds. The van der Waals surface area contributed by atoms with E-state index >= 15 is 0 Å². The van der Waals surface area contributed by atoms with Crippen LogP contribution in [-0.2, 0) is 0 Å². The lowest BCUT2D eigenvalue weighted by Gasteiger charge is -2.12. The van der Waals surface area contributed by atoms with Gasteiger partial charge in [-0.3, -0.25) is 10.1 Å². The molecule has 3 aromatic rings. The number of nitrogens with one attached hydrogen (secondary N) is 2. The molecule has 4 nitrogen and oxygen atoms in total. The van der Waals surface area contributed by atoms with Crippen molar-refractivity contribution in [1.82, 2.24) is 5.32 Å². The van der Waals surface area contributed by atoms with E-state index in [4.69, 9.17) is 35.4 Å². The Kier molecular flexibility index (Phi) is 5.08. The van der Waals surface area contributed by atoms with E-state index in [1.165, 1.54) is 6.07 Å². The zero-order valence-electron chi connectivity index (χ0n) is 12.7. The number of carbonyl (C=O) groups is 1. The fourth-order valence-corrected chi connectivity index (χ4v) is 2.87. The summed E-state index contributed by atoms with van der Waals surface area (Å²) in [5.41, 5.74) is 1.02. The number of hydrogen-bond acceptors (Lipinski definition) is 3. The van der Waals surface area contributed by atoms with Crippen LogP contribution in [0.15, 0.2) is 54.6 Å². The molecule has 0 saturated heterocycles. The van der Waals surface area contributed by atoms with Crippen molar-refractivity contribution < 1.29 is 9.90 Å². The third kappa shape index (κ3) is 3.85. The molecular formula is C18H12Cl2N2O2S. The largest absolute Gasteiger partial charge is 0.507 e. The average molecular weight is 391 g/mol. The van der Waals surface area contributed by atoms with Gasteiger partial charge in [0.25, 0.3) is 5.91 Å². The molecular weight excluding hydrogens is 379 g/mol. The molecule has 0 radical (unpaired) electrons. The summed E-state index contributed by atoms with van der Waals surface area (Å²) >= 11 is 17.0. The second-order valence-corrected chi connectivity index (χ2v) is 6.44. The van der Waals surface area contributed by atoms with E-state index in [9.17, 15) is 9.90 Å². The molecule has 3 N–H and O–H groups in total. The number of anilines is 1. The van der Waals surface area contributed by atoms with Crippen LogP contribution in [0.5, 0.6) is 5.75 Å². The summed E-state index contributed by atoms with van der Waals surface area (Å²) in [5, 5.41) is 17.7. The van der Waals surface area contributed by atoms with Gasteiger partial charge in [-0.05, 0) is 42.5 Å². The van der Waals surface area contributed by atoms with Gasteiger partial charge >= 0.3 is 0 Å². The molecule has 0 unspecified atom stereocenters. The fraction of sp³-hybridized carbons (Fsp3) is 0. The molecule has 0 saturated carbocycles. The SMILES string of the molecule is O=C(NC(=S)Nc1cccc2c(O)cccc12)c1ccc(Cl)c(Cl)c1. The smallest absolute Gasteiger partial charge is 0.257 e. The maximum Gasteiger partial charge on any atom is 0.257 e. The average Bonchev–Trinajstić information content (AvgIpc) is 2.58. The van der Waals surface area contributed by atoms with E-state index in [1.807, 2.05) is 6.07 Å². The number of hydrogen-bond donors (Lipinski definition) is 3. The molecule has 0 fully saturated rings. The van der Waals surface area contributed by atoms with Crippen LogP contribution in [0.3, 0.4) is 0 Å². The highest BCUT2D eigenvalue weighted by Crippen LogP contribution is 2.29. The summed E-state index contributed by atoms with van der Waals surface area (Å²) in [5.74, 6) is -0.230. The number of phenolic OH excluding ortho intramolecular Hbond substituents is 1. The first kappa shape index (κ1) is 17.5. The van der Waals surface area contributed by atoms with Gasteiger partial charge in [0.1, 0.15) is 5.75 Å². The Morgan fingerprint density at radius 1 is 0.960 bits per heavy atom. The first-order valence-corrected chi connectivity index (χ1v) is 8.40. The van der Waals surface area contributed by atoms with Crippen molar-refractivity contribution in [2.24, 2.45) is 0 Å². The Hall–Kier alpha value is -2.34. The molecule has 0 atom stereocenters. The molecule has 0 bridgehead atoms. The maximum absolute atomic E-state index is 12.2. The van der Waals surface area contributed by atoms with Gasteiger partial charge in [0, 0.05) is 22.0 Å². The molecule has 0 spiro atoms. The van der Waals surface area contributed by atoms with E-state index < -0.39 is 5.91 Å². The lowest BCUT2D eigenvalue weighted by atomic mass is 10.1.